The van der Waals surface area contributed by atoms with Crippen LogP contribution in [0.1, 0.15) is 49.9 Å². The first-order valence-corrected chi connectivity index (χ1v) is 21.9. The lowest BCUT2D eigenvalue weighted by Gasteiger charge is -2.26. The summed E-state index contributed by atoms with van der Waals surface area (Å²) < 4.78 is 5.24. The second-order valence-electron chi connectivity index (χ2n) is 18.5. The smallest absolute Gasteiger partial charge is 0.0634 e. The maximum Gasteiger partial charge on any atom is 0.0634 e. The Kier molecular flexibility index (Phi) is 7.16. The quantitative estimate of drug-likeness (QED) is 0.159. The van der Waals surface area contributed by atoms with Gasteiger partial charge in [-0.2, -0.15) is 0 Å². The van der Waals surface area contributed by atoms with Crippen molar-refractivity contribution in [3.63, 3.8) is 0 Å². The lowest BCUT2D eigenvalue weighted by atomic mass is 9.78. The van der Waals surface area contributed by atoms with Gasteiger partial charge in [-0.15, -0.1) is 0 Å². The summed E-state index contributed by atoms with van der Waals surface area (Å²) in [4.78, 5) is 0. The normalized spacial score (nSPS) is 12.8. The van der Waals surface area contributed by atoms with Crippen LogP contribution in [0.15, 0.2) is 194 Å². The summed E-state index contributed by atoms with van der Waals surface area (Å²) in [6, 6.07) is 72.6. The van der Waals surface area contributed by atoms with Gasteiger partial charge < -0.3 is 8.80 Å². The van der Waals surface area contributed by atoms with Gasteiger partial charge in [0.05, 0.1) is 33.1 Å². The van der Waals surface area contributed by atoms with Gasteiger partial charge in [0.1, 0.15) is 0 Å². The van der Waals surface area contributed by atoms with Crippen molar-refractivity contribution >= 4 is 76.2 Å². The number of rotatable bonds is 6. The van der Waals surface area contributed by atoms with Crippen LogP contribution in [0.25, 0.3) is 98.4 Å². The van der Waals surface area contributed by atoms with Gasteiger partial charge in [-0.25, -0.2) is 0 Å². The Morgan fingerprint density at radius 2 is 0.581 bits per heavy atom. The van der Waals surface area contributed by atoms with Crippen molar-refractivity contribution in [2.75, 3.05) is 0 Å². The fourth-order valence-electron chi connectivity index (χ4n) is 11.1. The molecule has 9 aromatic carbocycles. The molecule has 0 bridgehead atoms. The fourth-order valence-corrected chi connectivity index (χ4v) is 11.1. The van der Waals surface area contributed by atoms with Crippen LogP contribution < -0.4 is 0 Å². The van der Waals surface area contributed by atoms with Crippen molar-refractivity contribution < 1.29 is 0 Å². The Morgan fingerprint density at radius 3 is 0.935 bits per heavy atom. The Balaban J connectivity index is 1.23. The van der Waals surface area contributed by atoms with Crippen molar-refractivity contribution in [3.8, 4) is 22.3 Å². The molecule has 0 N–H and O–H groups in total. The van der Waals surface area contributed by atoms with Crippen LogP contribution >= 0.6 is 0 Å². The average Bonchev–Trinajstić information content (AvgIpc) is 4.05. The summed E-state index contributed by atoms with van der Waals surface area (Å²) in [5.74, 6) is 0. The lowest BCUT2D eigenvalue weighted by Crippen LogP contribution is -2.18. The van der Waals surface area contributed by atoms with E-state index in [9.17, 15) is 0 Å². The largest absolute Gasteiger partial charge is 0.308 e. The third-order valence-corrected chi connectivity index (χ3v) is 14.6. The van der Waals surface area contributed by atoms with Crippen LogP contribution in [0.5, 0.6) is 0 Å². The van der Waals surface area contributed by atoms with Crippen LogP contribution in [-0.4, -0.2) is 8.80 Å². The minimum absolute atomic E-state index is 0.192. The van der Waals surface area contributed by atoms with Crippen molar-refractivity contribution in [1.29, 1.82) is 0 Å². The molecule has 0 amide bonds. The Labute approximate surface area is 360 Å². The summed E-state index contributed by atoms with van der Waals surface area (Å²) in [7, 11) is 0. The molecule has 0 fully saturated rings. The highest BCUT2D eigenvalue weighted by Crippen LogP contribution is 2.53. The van der Waals surface area contributed by atoms with E-state index >= 15 is 0 Å². The van der Waals surface area contributed by atoms with Gasteiger partial charge in [0, 0.05) is 53.9 Å². The van der Waals surface area contributed by atoms with Gasteiger partial charge in [-0.3, -0.25) is 0 Å². The molecule has 4 heterocycles. The van der Waals surface area contributed by atoms with E-state index in [1.807, 2.05) is 0 Å². The van der Waals surface area contributed by atoms with Gasteiger partial charge in [0.25, 0.3) is 0 Å². The number of benzene rings is 9. The minimum atomic E-state index is -0.192. The minimum Gasteiger partial charge on any atom is -0.308 e. The zero-order valence-electron chi connectivity index (χ0n) is 35.4. The molecule has 2 heteroatoms. The summed E-state index contributed by atoms with van der Waals surface area (Å²) in [6.45, 7) is 9.44. The molecule has 2 nitrogen and oxygen atoms in total. The van der Waals surface area contributed by atoms with Crippen LogP contribution in [0.2, 0.25) is 0 Å². The van der Waals surface area contributed by atoms with Crippen LogP contribution in [0, 0.1) is 0 Å². The molecular weight excluding hydrogens is 749 g/mol. The molecule has 0 saturated carbocycles. The summed E-state index contributed by atoms with van der Waals surface area (Å²) in [5, 5.41) is 10.5. The molecule has 0 radical (unpaired) electrons. The average molecular weight is 793 g/mol. The van der Waals surface area contributed by atoms with Crippen molar-refractivity contribution in [1.82, 2.24) is 8.80 Å². The predicted octanol–water partition coefficient (Wildman–Crippen LogP) is 16.0. The molecular formula is C60H44N2. The van der Waals surface area contributed by atoms with E-state index in [2.05, 4.69) is 231 Å². The molecule has 0 aliphatic carbocycles. The third-order valence-electron chi connectivity index (χ3n) is 14.6. The highest BCUT2D eigenvalue weighted by atomic mass is 14.9. The zero-order chi connectivity index (χ0) is 41.5. The van der Waals surface area contributed by atoms with Gasteiger partial charge in [0.15, 0.2) is 0 Å². The number of hydrogen-bond donors (Lipinski definition) is 0. The second kappa shape index (κ2) is 12.6. The Morgan fingerprint density at radius 1 is 0.274 bits per heavy atom. The molecule has 13 rings (SSSR count). The van der Waals surface area contributed by atoms with E-state index in [4.69, 9.17) is 0 Å². The Bertz CT molecular complexity index is 3610. The zero-order valence-corrected chi connectivity index (χ0v) is 35.4. The lowest BCUT2D eigenvalue weighted by molar-refractivity contribution is 0.641. The maximum absolute atomic E-state index is 2.62. The highest BCUT2D eigenvalue weighted by Gasteiger charge is 2.32. The first kappa shape index (κ1) is 35.3. The van der Waals surface area contributed by atoms with Gasteiger partial charge >= 0.3 is 0 Å². The number of fused-ring (bicyclic) bond motifs is 14. The third kappa shape index (κ3) is 4.70. The van der Waals surface area contributed by atoms with E-state index in [1.54, 1.807) is 0 Å². The van der Waals surface area contributed by atoms with E-state index in [1.165, 1.54) is 121 Å². The van der Waals surface area contributed by atoms with Crippen molar-refractivity contribution in [2.24, 2.45) is 0 Å². The van der Waals surface area contributed by atoms with E-state index in [-0.39, 0.29) is 10.8 Å². The first-order chi connectivity index (χ1) is 30.3. The monoisotopic (exact) mass is 792 g/mol. The first-order valence-electron chi connectivity index (χ1n) is 21.9. The maximum atomic E-state index is 2.62. The topological polar surface area (TPSA) is 8.82 Å². The molecule has 4 aromatic heterocycles. The molecule has 294 valence electrons. The van der Waals surface area contributed by atoms with Gasteiger partial charge in [-0.1, -0.05) is 198 Å². The summed E-state index contributed by atoms with van der Waals surface area (Å²) >= 11 is 0. The molecule has 0 aliphatic rings. The van der Waals surface area contributed by atoms with Gasteiger partial charge in [-0.05, 0) is 68.8 Å². The fraction of sp³-hybridized carbons (Fsp3) is 0.100. The van der Waals surface area contributed by atoms with E-state index in [0.717, 1.165) is 0 Å². The SMILES string of the molecule is CC(C)(c1ccccc1)c1ccc2c3c4c5ccc(-c6ccccc6)cc5n5c6cc(C(C)(C)c7ccccc7)ccc6c(c6c7ccc(-c8ccccc8)cc7n(c2c1)c63)c45. The highest BCUT2D eigenvalue weighted by molar-refractivity contribution is 6.45. The number of nitrogens with zero attached hydrogens (tertiary/aromatic N) is 2. The molecule has 62 heavy (non-hydrogen) atoms. The molecule has 13 aromatic rings. The molecule has 0 spiro atoms. The predicted molar refractivity (Wildman–Crippen MR) is 264 cm³/mol. The van der Waals surface area contributed by atoms with E-state index in [0.29, 0.717) is 0 Å². The van der Waals surface area contributed by atoms with Crippen LogP contribution in [0.3, 0.4) is 0 Å². The van der Waals surface area contributed by atoms with Crippen molar-refractivity contribution in [2.45, 2.75) is 38.5 Å². The van der Waals surface area contributed by atoms with Crippen LogP contribution in [-0.2, 0) is 10.8 Å². The second-order valence-corrected chi connectivity index (χ2v) is 18.5. The number of aromatic nitrogens is 2. The molecule has 0 saturated heterocycles. The standard InChI is InChI=1S/C60H44N2/c1-59(2,41-21-13-7-14-22-41)43-27-31-47-51(35-43)61-49-33-39(37-17-9-5-10-18-37)25-29-45(49)54-56-48-32-28-44(60(3,4)42-23-15-8-16-24-42)36-52(48)62-50-34-40(38-19-11-6-12-20-38)26-30-46(50)53(58(56)62)55(47)57(54)61/h5-36H,1-4H3. The molecule has 0 aliphatic heterocycles. The summed E-state index contributed by atoms with van der Waals surface area (Å²) in [5.41, 5.74) is 17.4. The van der Waals surface area contributed by atoms with Gasteiger partial charge in [0.2, 0.25) is 0 Å². The van der Waals surface area contributed by atoms with E-state index < -0.39 is 0 Å². The number of hydrogen-bond acceptors (Lipinski definition) is 0. The Hall–Kier alpha value is -7.42. The molecule has 0 unspecified atom stereocenters. The van der Waals surface area contributed by atoms with Crippen molar-refractivity contribution in [3.05, 3.63) is 216 Å². The summed E-state index contributed by atoms with van der Waals surface area (Å²) in [6.07, 6.45) is 0. The molecule has 0 atom stereocenters. The van der Waals surface area contributed by atoms with Crippen LogP contribution in [0.4, 0.5) is 0 Å².